The summed E-state index contributed by atoms with van der Waals surface area (Å²) in [4.78, 5) is 7.23. The number of piperidine rings is 1. The van der Waals surface area contributed by atoms with E-state index < -0.39 is 0 Å². The largest absolute Gasteiger partial charge is 0.354 e. The summed E-state index contributed by atoms with van der Waals surface area (Å²) >= 11 is 0. The van der Waals surface area contributed by atoms with E-state index in [2.05, 4.69) is 37.0 Å². The lowest BCUT2D eigenvalue weighted by Crippen LogP contribution is -2.41. The van der Waals surface area contributed by atoms with Crippen molar-refractivity contribution in [3.05, 3.63) is 107 Å². The number of nitrogens with zero attached hydrogens (tertiary/aromatic N) is 2. The Morgan fingerprint density at radius 1 is 0.938 bits per heavy atom. The molecule has 3 aromatic carbocycles. The molecule has 4 heteroatoms. The fourth-order valence-electron chi connectivity index (χ4n) is 4.24. The fraction of sp³-hybridized carbons (Fsp3) is 0.250. The Morgan fingerprint density at radius 3 is 2.44 bits per heavy atom. The van der Waals surface area contributed by atoms with Crippen molar-refractivity contribution in [1.82, 2.24) is 4.90 Å². The van der Waals surface area contributed by atoms with Crippen LogP contribution in [0.5, 0.6) is 0 Å². The van der Waals surface area contributed by atoms with E-state index in [0.29, 0.717) is 11.7 Å². The van der Waals surface area contributed by atoms with E-state index >= 15 is 0 Å². The van der Waals surface area contributed by atoms with Gasteiger partial charge < -0.3 is 4.90 Å². The number of aryl methyl sites for hydroxylation is 1. The molecular formula is C28H28F2N2. The maximum absolute atomic E-state index is 14.2. The first-order valence-electron chi connectivity index (χ1n) is 11.2. The Hall–Kier alpha value is -3.27. The van der Waals surface area contributed by atoms with E-state index in [9.17, 15) is 8.78 Å². The first kappa shape index (κ1) is 21.9. The summed E-state index contributed by atoms with van der Waals surface area (Å²) < 4.78 is 27.6. The summed E-state index contributed by atoms with van der Waals surface area (Å²) in [6.07, 6.45) is 5.44. The van der Waals surface area contributed by atoms with Gasteiger partial charge in [-0.2, -0.15) is 0 Å². The lowest BCUT2D eigenvalue weighted by atomic mass is 9.93. The first-order chi connectivity index (χ1) is 15.5. The van der Waals surface area contributed by atoms with Gasteiger partial charge in [-0.05, 0) is 97.8 Å². The molecule has 0 bridgehead atoms. The fourth-order valence-corrected chi connectivity index (χ4v) is 4.24. The van der Waals surface area contributed by atoms with Gasteiger partial charge in [-0.15, -0.1) is 0 Å². The van der Waals surface area contributed by atoms with Crippen LogP contribution in [0.1, 0.15) is 42.9 Å². The number of benzene rings is 3. The van der Waals surface area contributed by atoms with Gasteiger partial charge >= 0.3 is 0 Å². The van der Waals surface area contributed by atoms with Crippen LogP contribution in [0.4, 0.5) is 14.5 Å². The van der Waals surface area contributed by atoms with Gasteiger partial charge in [-0.25, -0.2) is 13.8 Å². The molecule has 3 aromatic rings. The molecule has 1 unspecified atom stereocenters. The highest BCUT2D eigenvalue weighted by Gasteiger charge is 2.22. The van der Waals surface area contributed by atoms with Gasteiger partial charge in [0.15, 0.2) is 0 Å². The second kappa shape index (κ2) is 9.90. The molecule has 32 heavy (non-hydrogen) atoms. The van der Waals surface area contributed by atoms with E-state index in [0.717, 1.165) is 47.5 Å². The van der Waals surface area contributed by atoms with Gasteiger partial charge in [0.05, 0.1) is 5.69 Å². The maximum Gasteiger partial charge on any atom is 0.130 e. The zero-order valence-corrected chi connectivity index (χ0v) is 18.6. The van der Waals surface area contributed by atoms with E-state index in [1.54, 1.807) is 24.3 Å². The molecule has 1 aliphatic rings. The van der Waals surface area contributed by atoms with Crippen LogP contribution in [0.15, 0.2) is 83.9 Å². The van der Waals surface area contributed by atoms with Gasteiger partial charge in [0.25, 0.3) is 0 Å². The topological polar surface area (TPSA) is 15.6 Å². The normalized spacial score (nSPS) is 17.5. The molecule has 0 aromatic heterocycles. The van der Waals surface area contributed by atoms with Gasteiger partial charge in [0.1, 0.15) is 17.5 Å². The highest BCUT2D eigenvalue weighted by Crippen LogP contribution is 2.29. The molecule has 1 heterocycles. The number of likely N-dealkylation sites (tertiary alicyclic amines) is 1. The standard InChI is InChI=1S/C28H28F2N2/c1-20-8-3-4-12-26(20)27(22-10-7-11-24(30)18-22)19-28(32-17-6-5-9-21(32)2)31-25-15-13-23(29)14-16-25/h3-4,7-8,10-16,18-19,21H,5-6,9,17H2,1-2H3. The predicted molar refractivity (Wildman–Crippen MR) is 128 cm³/mol. The molecule has 4 rings (SSSR count). The SMILES string of the molecule is Cc1ccccc1C(=CC(=Nc1ccc(F)cc1)N1CCCCC1C)c1cccc(F)c1. The monoisotopic (exact) mass is 430 g/mol. The summed E-state index contributed by atoms with van der Waals surface area (Å²) in [7, 11) is 0. The first-order valence-corrected chi connectivity index (χ1v) is 11.2. The predicted octanol–water partition coefficient (Wildman–Crippen LogP) is 7.31. The van der Waals surface area contributed by atoms with Gasteiger partial charge in [0, 0.05) is 12.6 Å². The second-order valence-corrected chi connectivity index (χ2v) is 8.37. The van der Waals surface area contributed by atoms with Crippen LogP contribution in [0, 0.1) is 18.6 Å². The molecule has 0 aliphatic carbocycles. The average Bonchev–Trinajstić information content (AvgIpc) is 2.79. The van der Waals surface area contributed by atoms with E-state index in [-0.39, 0.29) is 11.6 Å². The van der Waals surface area contributed by atoms with Crippen molar-refractivity contribution >= 4 is 17.1 Å². The van der Waals surface area contributed by atoms with Crippen molar-refractivity contribution in [3.63, 3.8) is 0 Å². The van der Waals surface area contributed by atoms with E-state index in [4.69, 9.17) is 4.99 Å². The minimum Gasteiger partial charge on any atom is -0.354 e. The molecule has 0 N–H and O–H groups in total. The van der Waals surface area contributed by atoms with Gasteiger partial charge in [0.2, 0.25) is 0 Å². The smallest absolute Gasteiger partial charge is 0.130 e. The maximum atomic E-state index is 14.2. The van der Waals surface area contributed by atoms with Crippen molar-refractivity contribution in [1.29, 1.82) is 0 Å². The van der Waals surface area contributed by atoms with Crippen LogP contribution in [0.2, 0.25) is 0 Å². The molecule has 0 spiro atoms. The average molecular weight is 431 g/mol. The molecule has 1 aliphatic heterocycles. The number of hydrogen-bond donors (Lipinski definition) is 0. The molecule has 1 saturated heterocycles. The van der Waals surface area contributed by atoms with Crippen LogP contribution in [-0.2, 0) is 0 Å². The zero-order chi connectivity index (χ0) is 22.5. The number of rotatable bonds is 4. The molecule has 1 fully saturated rings. The van der Waals surface area contributed by atoms with Crippen molar-refractivity contribution < 1.29 is 8.78 Å². The van der Waals surface area contributed by atoms with Crippen molar-refractivity contribution in [2.24, 2.45) is 4.99 Å². The minimum atomic E-state index is -0.284. The molecule has 0 saturated carbocycles. The summed E-state index contributed by atoms with van der Waals surface area (Å²) in [6.45, 7) is 5.17. The highest BCUT2D eigenvalue weighted by molar-refractivity contribution is 6.04. The van der Waals surface area contributed by atoms with Crippen LogP contribution < -0.4 is 0 Å². The molecular weight excluding hydrogens is 402 g/mol. The van der Waals surface area contributed by atoms with Crippen LogP contribution in [-0.4, -0.2) is 23.3 Å². The number of aliphatic imine (C=N–C) groups is 1. The van der Waals surface area contributed by atoms with Crippen LogP contribution in [0.3, 0.4) is 0 Å². The molecule has 164 valence electrons. The highest BCUT2D eigenvalue weighted by atomic mass is 19.1. The zero-order valence-electron chi connectivity index (χ0n) is 18.6. The number of amidine groups is 1. The lowest BCUT2D eigenvalue weighted by molar-refractivity contribution is 0.259. The summed E-state index contributed by atoms with van der Waals surface area (Å²) in [6, 6.07) is 21.4. The Balaban J connectivity index is 1.90. The van der Waals surface area contributed by atoms with Crippen LogP contribution in [0.25, 0.3) is 5.57 Å². The van der Waals surface area contributed by atoms with Crippen LogP contribution >= 0.6 is 0 Å². The molecule has 0 radical (unpaired) electrons. The van der Waals surface area contributed by atoms with E-state index in [1.807, 2.05) is 18.2 Å². The third-order valence-corrected chi connectivity index (χ3v) is 6.01. The molecule has 2 nitrogen and oxygen atoms in total. The quantitative estimate of drug-likeness (QED) is 0.313. The third kappa shape index (κ3) is 5.13. The Morgan fingerprint density at radius 2 is 1.72 bits per heavy atom. The number of hydrogen-bond acceptors (Lipinski definition) is 1. The van der Waals surface area contributed by atoms with Crippen molar-refractivity contribution in [3.8, 4) is 0 Å². The summed E-state index contributed by atoms with van der Waals surface area (Å²) in [5.41, 5.74) is 4.56. The van der Waals surface area contributed by atoms with E-state index in [1.165, 1.54) is 24.6 Å². The Labute approximate surface area is 188 Å². The lowest BCUT2D eigenvalue weighted by Gasteiger charge is -2.35. The number of halogens is 2. The molecule has 1 atom stereocenters. The van der Waals surface area contributed by atoms with Crippen molar-refractivity contribution in [2.75, 3.05) is 6.54 Å². The van der Waals surface area contributed by atoms with Gasteiger partial charge in [-0.3, -0.25) is 0 Å². The van der Waals surface area contributed by atoms with Gasteiger partial charge in [-0.1, -0.05) is 36.4 Å². The summed E-state index contributed by atoms with van der Waals surface area (Å²) in [5.74, 6) is 0.254. The Kier molecular flexibility index (Phi) is 6.79. The molecule has 0 amide bonds. The minimum absolute atomic E-state index is 0.273. The second-order valence-electron chi connectivity index (χ2n) is 8.37. The Bertz CT molecular complexity index is 1130. The third-order valence-electron chi connectivity index (χ3n) is 6.01. The van der Waals surface area contributed by atoms with Crippen molar-refractivity contribution in [2.45, 2.75) is 39.2 Å². The summed E-state index contributed by atoms with van der Waals surface area (Å²) in [5, 5.41) is 0.